The Kier molecular flexibility index (Phi) is 5.02. The second-order valence-corrected chi connectivity index (χ2v) is 11.6. The van der Waals surface area contributed by atoms with Gasteiger partial charge in [0.15, 0.2) is 0 Å². The second kappa shape index (κ2) is 6.78. The van der Waals surface area contributed by atoms with Gasteiger partial charge >= 0.3 is 5.97 Å². The quantitative estimate of drug-likeness (QED) is 0.606. The lowest BCUT2D eigenvalue weighted by Crippen LogP contribution is -2.31. The summed E-state index contributed by atoms with van der Waals surface area (Å²) in [5, 5.41) is 4.30. The van der Waals surface area contributed by atoms with Gasteiger partial charge in [0.1, 0.15) is 5.56 Å². The molecule has 6 heteroatoms. The highest BCUT2D eigenvalue weighted by Crippen LogP contribution is 2.24. The highest BCUT2D eigenvalue weighted by Gasteiger charge is 2.23. The Hall–Kier alpha value is -2.08. The van der Waals surface area contributed by atoms with Crippen LogP contribution in [0.3, 0.4) is 0 Å². The molecule has 22 heavy (non-hydrogen) atoms. The molecule has 0 aliphatic rings. The average Bonchev–Trinajstić information content (AvgIpc) is 2.89. The maximum atomic E-state index is 12.1. The van der Waals surface area contributed by atoms with Gasteiger partial charge in [-0.2, -0.15) is 5.10 Å². The minimum atomic E-state index is -1.43. The van der Waals surface area contributed by atoms with Crippen LogP contribution in [0.1, 0.15) is 17.3 Å². The molecule has 2 aromatic rings. The Morgan fingerprint density at radius 2 is 1.91 bits per heavy atom. The fourth-order valence-corrected chi connectivity index (χ4v) is 2.43. The fourth-order valence-electron chi connectivity index (χ4n) is 1.86. The van der Waals surface area contributed by atoms with E-state index in [1.807, 2.05) is 30.3 Å². The summed E-state index contributed by atoms with van der Waals surface area (Å²) < 4.78 is 12.7. The number of benzene rings is 1. The number of rotatable bonds is 6. The molecule has 0 aliphatic carbocycles. The van der Waals surface area contributed by atoms with Gasteiger partial charge in [-0.25, -0.2) is 9.48 Å². The number of aromatic nitrogens is 2. The molecule has 0 bridgehead atoms. The molecular formula is C16H22N2O3Si. The van der Waals surface area contributed by atoms with E-state index in [1.165, 1.54) is 6.20 Å². The summed E-state index contributed by atoms with van der Waals surface area (Å²) in [6, 6.07) is 9.61. The van der Waals surface area contributed by atoms with Crippen molar-refractivity contribution in [1.29, 1.82) is 0 Å². The number of esters is 1. The van der Waals surface area contributed by atoms with Crippen LogP contribution < -0.4 is 4.74 Å². The van der Waals surface area contributed by atoms with Crippen LogP contribution >= 0.6 is 0 Å². The number of hydrogen-bond acceptors (Lipinski definition) is 4. The van der Waals surface area contributed by atoms with Crippen molar-refractivity contribution in [3.05, 3.63) is 42.1 Å². The molecule has 0 saturated carbocycles. The third kappa shape index (κ3) is 3.97. The Labute approximate surface area is 131 Å². The molecule has 0 N–H and O–H groups in total. The van der Waals surface area contributed by atoms with Crippen LogP contribution in [0.5, 0.6) is 5.88 Å². The van der Waals surface area contributed by atoms with Crippen LogP contribution in [0.4, 0.5) is 0 Å². The largest absolute Gasteiger partial charge is 0.481 e. The van der Waals surface area contributed by atoms with Crippen LogP contribution in [0.25, 0.3) is 5.69 Å². The van der Waals surface area contributed by atoms with Crippen LogP contribution in [0.15, 0.2) is 36.5 Å². The molecule has 2 rings (SSSR count). The molecule has 1 heterocycles. The zero-order valence-electron chi connectivity index (χ0n) is 13.5. The summed E-state index contributed by atoms with van der Waals surface area (Å²) in [4.78, 5) is 12.1. The van der Waals surface area contributed by atoms with Crippen LogP contribution in [0, 0.1) is 0 Å². The Balaban J connectivity index is 2.39. The highest BCUT2D eigenvalue weighted by molar-refractivity contribution is 6.76. The van der Waals surface area contributed by atoms with Crippen molar-refractivity contribution >= 4 is 14.0 Å². The third-order valence-corrected chi connectivity index (χ3v) is 3.87. The Morgan fingerprint density at radius 3 is 2.50 bits per heavy atom. The third-order valence-electron chi connectivity index (χ3n) is 2.86. The molecule has 0 aliphatic heterocycles. The lowest BCUT2D eigenvalue weighted by molar-refractivity contribution is 0.0522. The fraction of sp³-hybridized carbons (Fsp3) is 0.375. The van der Waals surface area contributed by atoms with Crippen molar-refractivity contribution in [1.82, 2.24) is 9.78 Å². The molecule has 0 amide bonds. The number of carbonyl (C=O) groups is 1. The van der Waals surface area contributed by atoms with Crippen molar-refractivity contribution < 1.29 is 14.3 Å². The molecule has 118 valence electrons. The average molecular weight is 318 g/mol. The van der Waals surface area contributed by atoms with Crippen LogP contribution in [-0.2, 0) is 4.74 Å². The number of ether oxygens (including phenoxy) is 2. The molecule has 0 radical (unpaired) electrons. The smallest absolute Gasteiger partial charge is 0.345 e. The van der Waals surface area contributed by atoms with Crippen molar-refractivity contribution in [2.24, 2.45) is 0 Å². The van der Waals surface area contributed by atoms with Gasteiger partial charge in [0, 0.05) is 0 Å². The first-order valence-corrected chi connectivity index (χ1v) is 11.1. The highest BCUT2D eigenvalue weighted by atomic mass is 28.3. The van der Waals surface area contributed by atoms with Gasteiger partial charge in [-0.3, -0.25) is 0 Å². The van der Waals surface area contributed by atoms with Gasteiger partial charge in [-0.15, -0.1) is 0 Å². The zero-order valence-corrected chi connectivity index (χ0v) is 14.5. The van der Waals surface area contributed by atoms with Gasteiger partial charge in [-0.1, -0.05) is 37.8 Å². The number of carbonyl (C=O) groups excluding carboxylic acids is 1. The van der Waals surface area contributed by atoms with Crippen molar-refractivity contribution in [3.8, 4) is 11.6 Å². The molecule has 5 nitrogen and oxygen atoms in total. The van der Waals surface area contributed by atoms with E-state index in [2.05, 4.69) is 24.7 Å². The molecular weight excluding hydrogens is 296 g/mol. The van der Waals surface area contributed by atoms with E-state index < -0.39 is 14.0 Å². The van der Waals surface area contributed by atoms with E-state index in [0.29, 0.717) is 24.3 Å². The molecule has 0 atom stereocenters. The summed E-state index contributed by atoms with van der Waals surface area (Å²) >= 11 is 0. The van der Waals surface area contributed by atoms with E-state index in [9.17, 15) is 4.79 Å². The topological polar surface area (TPSA) is 53.3 Å². The van der Waals surface area contributed by atoms with E-state index in [1.54, 1.807) is 11.6 Å². The zero-order chi connectivity index (χ0) is 16.2. The summed E-state index contributed by atoms with van der Waals surface area (Å²) in [5.41, 5.74) is 1.22. The predicted octanol–water partition coefficient (Wildman–Crippen LogP) is 3.31. The number of para-hydroxylation sites is 1. The normalized spacial score (nSPS) is 11.3. The SMILES string of the molecule is CCOC(=O)c1cnn(-c2ccccc2)c1OC[Si](C)(C)C. The molecule has 0 fully saturated rings. The Morgan fingerprint density at radius 1 is 1.23 bits per heavy atom. The van der Waals surface area contributed by atoms with Crippen molar-refractivity contribution in [2.45, 2.75) is 26.6 Å². The lowest BCUT2D eigenvalue weighted by atomic mass is 10.3. The predicted molar refractivity (Wildman–Crippen MR) is 88.4 cm³/mol. The Bertz CT molecular complexity index is 633. The van der Waals surface area contributed by atoms with Gasteiger partial charge in [0.25, 0.3) is 0 Å². The second-order valence-electron chi connectivity index (χ2n) is 6.18. The maximum Gasteiger partial charge on any atom is 0.345 e. The van der Waals surface area contributed by atoms with E-state index in [4.69, 9.17) is 9.47 Å². The molecule has 1 aromatic heterocycles. The van der Waals surface area contributed by atoms with E-state index in [-0.39, 0.29) is 0 Å². The monoisotopic (exact) mass is 318 g/mol. The van der Waals surface area contributed by atoms with Crippen LogP contribution in [0.2, 0.25) is 19.6 Å². The van der Waals surface area contributed by atoms with E-state index in [0.717, 1.165) is 5.69 Å². The van der Waals surface area contributed by atoms with Gasteiger partial charge in [-0.05, 0) is 19.1 Å². The van der Waals surface area contributed by atoms with Crippen LogP contribution in [-0.4, -0.2) is 36.7 Å². The minimum absolute atomic E-state index is 0.322. The summed E-state index contributed by atoms with van der Waals surface area (Å²) in [6.07, 6.45) is 2.11. The van der Waals surface area contributed by atoms with Gasteiger partial charge in [0.05, 0.1) is 32.8 Å². The van der Waals surface area contributed by atoms with Gasteiger partial charge < -0.3 is 9.47 Å². The number of nitrogens with zero attached hydrogens (tertiary/aromatic N) is 2. The summed E-state index contributed by atoms with van der Waals surface area (Å²) in [5.74, 6) is 0.0438. The maximum absolute atomic E-state index is 12.1. The summed E-state index contributed by atoms with van der Waals surface area (Å²) in [7, 11) is -1.43. The molecule has 0 unspecified atom stereocenters. The minimum Gasteiger partial charge on any atom is -0.481 e. The summed E-state index contributed by atoms with van der Waals surface area (Å²) in [6.45, 7) is 8.73. The number of hydrogen-bond donors (Lipinski definition) is 0. The van der Waals surface area contributed by atoms with Crippen molar-refractivity contribution in [2.75, 3.05) is 12.8 Å². The first-order chi connectivity index (χ1) is 10.4. The lowest BCUT2D eigenvalue weighted by Gasteiger charge is -2.18. The van der Waals surface area contributed by atoms with E-state index >= 15 is 0 Å². The first kappa shape index (κ1) is 16.3. The molecule has 0 spiro atoms. The van der Waals surface area contributed by atoms with Gasteiger partial charge in [0.2, 0.25) is 5.88 Å². The molecule has 1 aromatic carbocycles. The standard InChI is InChI=1S/C16H22N2O3Si/c1-5-20-16(19)14-11-17-18(13-9-7-6-8-10-13)15(14)21-12-22(2,3)4/h6-11H,5,12H2,1-4H3. The first-order valence-electron chi connectivity index (χ1n) is 7.36. The van der Waals surface area contributed by atoms with Crippen molar-refractivity contribution in [3.63, 3.8) is 0 Å². The molecule has 0 saturated heterocycles.